The van der Waals surface area contributed by atoms with Gasteiger partial charge in [-0.05, 0) is 52.9 Å². The second-order valence-corrected chi connectivity index (χ2v) is 12.5. The van der Waals surface area contributed by atoms with Gasteiger partial charge in [0.15, 0.2) is 5.78 Å². The Kier molecular flexibility index (Phi) is 6.40. The number of amides is 2. The van der Waals surface area contributed by atoms with E-state index in [2.05, 4.69) is 36.4 Å². The fourth-order valence-corrected chi connectivity index (χ4v) is 8.95. The fourth-order valence-electron chi connectivity index (χ4n) is 5.19. The minimum atomic E-state index is -2.58. The maximum absolute atomic E-state index is 14.4. The highest BCUT2D eigenvalue weighted by Gasteiger charge is 2.38. The van der Waals surface area contributed by atoms with E-state index < -0.39 is 18.7 Å². The van der Waals surface area contributed by atoms with E-state index >= 15 is 0 Å². The molecule has 0 saturated carbocycles. The predicted molar refractivity (Wildman–Crippen MR) is 160 cm³/mol. The predicted octanol–water partition coefficient (Wildman–Crippen LogP) is 5.47. The van der Waals surface area contributed by atoms with Crippen LogP contribution in [0.2, 0.25) is 0 Å². The lowest BCUT2D eigenvalue weighted by Crippen LogP contribution is -2.32. The Morgan fingerprint density at radius 2 is 0.897 bits per heavy atom. The molecule has 6 rings (SSSR count). The smallest absolute Gasteiger partial charge is 0.266 e. The van der Waals surface area contributed by atoms with Crippen molar-refractivity contribution in [1.29, 1.82) is 0 Å². The summed E-state index contributed by atoms with van der Waals surface area (Å²) in [6, 6.07) is 43.8. The van der Waals surface area contributed by atoms with Crippen molar-refractivity contribution < 1.29 is 14.4 Å². The van der Waals surface area contributed by atoms with Crippen molar-refractivity contribution in [3.05, 3.63) is 156 Å². The number of carbonyl (C=O) groups is 3. The highest BCUT2D eigenvalue weighted by Crippen LogP contribution is 2.44. The number of rotatable bonds is 6. The van der Waals surface area contributed by atoms with E-state index in [0.29, 0.717) is 16.7 Å². The first-order valence-electron chi connectivity index (χ1n) is 12.6. The van der Waals surface area contributed by atoms with Crippen molar-refractivity contribution in [3.63, 3.8) is 0 Å². The van der Waals surface area contributed by atoms with Crippen LogP contribution in [0.1, 0.15) is 31.1 Å². The first-order chi connectivity index (χ1) is 19.1. The Bertz CT molecular complexity index is 1620. The van der Waals surface area contributed by atoms with Gasteiger partial charge in [0.05, 0.1) is 16.8 Å². The molecule has 1 heterocycles. The largest absolute Gasteiger partial charge is 0.289 e. The lowest BCUT2D eigenvalue weighted by molar-refractivity contribution is 0.0926. The number of carbonyl (C=O) groups excluding carboxylic acids is 3. The van der Waals surface area contributed by atoms with Crippen LogP contribution in [-0.4, -0.2) is 23.4 Å². The molecule has 2 amide bonds. The van der Waals surface area contributed by atoms with Crippen LogP contribution in [0.4, 0.5) is 5.69 Å². The number of fused-ring (bicyclic) bond motifs is 1. The van der Waals surface area contributed by atoms with Crippen molar-refractivity contribution >= 4 is 51.9 Å². The molecule has 4 nitrogen and oxygen atoms in total. The van der Waals surface area contributed by atoms with E-state index in [0.717, 1.165) is 20.8 Å². The summed E-state index contributed by atoms with van der Waals surface area (Å²) in [7, 11) is 0. The Labute approximate surface area is 227 Å². The van der Waals surface area contributed by atoms with E-state index in [-0.39, 0.29) is 11.5 Å². The Morgan fingerprint density at radius 3 is 1.36 bits per heavy atom. The quantitative estimate of drug-likeness (QED) is 0.168. The lowest BCUT2D eigenvalue weighted by atomic mass is 10.1. The zero-order valence-corrected chi connectivity index (χ0v) is 21.9. The third kappa shape index (κ3) is 4.16. The first kappa shape index (κ1) is 24.5. The summed E-state index contributed by atoms with van der Waals surface area (Å²) in [6.07, 6.45) is 0. The molecule has 0 radical (unpaired) electrons. The fraction of sp³-hybridized carbons (Fsp3) is 0. The molecule has 0 atom stereocenters. The van der Waals surface area contributed by atoms with Gasteiger partial charge in [0, 0.05) is 5.56 Å². The molecule has 5 aromatic rings. The van der Waals surface area contributed by atoms with Gasteiger partial charge in [-0.25, -0.2) is 4.90 Å². The molecule has 0 bridgehead atoms. The highest BCUT2D eigenvalue weighted by molar-refractivity contribution is 7.95. The van der Waals surface area contributed by atoms with Crippen LogP contribution in [0.5, 0.6) is 0 Å². The van der Waals surface area contributed by atoms with Crippen molar-refractivity contribution in [2.24, 2.45) is 0 Å². The molecule has 5 aromatic carbocycles. The number of ketones is 1. The summed E-state index contributed by atoms with van der Waals surface area (Å²) >= 11 is 0. The lowest BCUT2D eigenvalue weighted by Gasteiger charge is -2.28. The van der Waals surface area contributed by atoms with Gasteiger partial charge in [-0.1, -0.05) is 115 Å². The number of anilines is 1. The monoisotopic (exact) mass is 525 g/mol. The van der Waals surface area contributed by atoms with E-state index in [4.69, 9.17) is 0 Å². The molecule has 39 heavy (non-hydrogen) atoms. The molecule has 1 aliphatic rings. The van der Waals surface area contributed by atoms with Crippen molar-refractivity contribution in [3.8, 4) is 0 Å². The van der Waals surface area contributed by atoms with Gasteiger partial charge in [-0.15, -0.1) is 0 Å². The van der Waals surface area contributed by atoms with Gasteiger partial charge in [0.25, 0.3) is 11.8 Å². The van der Waals surface area contributed by atoms with Crippen LogP contribution in [-0.2, 0) is 0 Å². The van der Waals surface area contributed by atoms with E-state index in [1.54, 1.807) is 48.5 Å². The van der Waals surface area contributed by atoms with Crippen LogP contribution in [0, 0.1) is 0 Å². The Hall–Kier alpha value is -4.79. The molecule has 0 aromatic heterocycles. The van der Waals surface area contributed by atoms with Crippen LogP contribution >= 0.6 is 6.89 Å². The molecule has 1 aliphatic heterocycles. The molecule has 0 spiro atoms. The van der Waals surface area contributed by atoms with Gasteiger partial charge in [-0.3, -0.25) is 14.4 Å². The molecule has 0 saturated heterocycles. The SMILES string of the molecule is O=C(C=P(c1ccccc1)(c1ccccc1)c1ccccc1)c1ccccc1N1C(=O)c2ccccc2C1=O. The third-order valence-electron chi connectivity index (χ3n) is 7.01. The average Bonchev–Trinajstić information content (AvgIpc) is 3.26. The zero-order valence-electron chi connectivity index (χ0n) is 21.0. The van der Waals surface area contributed by atoms with Crippen LogP contribution in [0.25, 0.3) is 0 Å². The molecular weight excluding hydrogens is 501 g/mol. The molecule has 188 valence electrons. The number of imide groups is 1. The average molecular weight is 526 g/mol. The van der Waals surface area contributed by atoms with Crippen LogP contribution < -0.4 is 20.8 Å². The third-order valence-corrected chi connectivity index (χ3v) is 11.0. The topological polar surface area (TPSA) is 54.5 Å². The summed E-state index contributed by atoms with van der Waals surface area (Å²) in [4.78, 5) is 42.1. The first-order valence-corrected chi connectivity index (χ1v) is 14.5. The van der Waals surface area contributed by atoms with Crippen molar-refractivity contribution in [1.82, 2.24) is 0 Å². The molecule has 0 aliphatic carbocycles. The highest BCUT2D eigenvalue weighted by atomic mass is 31.2. The normalized spacial score (nSPS) is 12.8. The maximum Gasteiger partial charge on any atom is 0.266 e. The number of Topliss-reactive ketones (excluding diaryl/α,β-unsaturated/α-hetero) is 1. The Morgan fingerprint density at radius 1 is 0.513 bits per heavy atom. The van der Waals surface area contributed by atoms with E-state index in [9.17, 15) is 14.4 Å². The summed E-state index contributed by atoms with van der Waals surface area (Å²) in [6.45, 7) is -2.58. The van der Waals surface area contributed by atoms with Gasteiger partial charge in [0.2, 0.25) is 0 Å². The Balaban J connectivity index is 1.59. The number of hydrogen-bond acceptors (Lipinski definition) is 3. The van der Waals surface area contributed by atoms with Crippen LogP contribution in [0.15, 0.2) is 140 Å². The van der Waals surface area contributed by atoms with Gasteiger partial charge in [0.1, 0.15) is 0 Å². The van der Waals surface area contributed by atoms with Gasteiger partial charge < -0.3 is 0 Å². The van der Waals surface area contributed by atoms with Crippen LogP contribution in [0.3, 0.4) is 0 Å². The van der Waals surface area contributed by atoms with Gasteiger partial charge in [-0.2, -0.15) is 0 Å². The van der Waals surface area contributed by atoms with Gasteiger partial charge >= 0.3 is 0 Å². The number of benzene rings is 5. The summed E-state index contributed by atoms with van der Waals surface area (Å²) in [5.74, 6) is 0.730. The van der Waals surface area contributed by atoms with E-state index in [1.165, 1.54) is 0 Å². The number of hydrogen-bond donors (Lipinski definition) is 0. The molecular formula is C34H24NO3P. The maximum atomic E-state index is 14.4. The molecule has 5 heteroatoms. The minimum absolute atomic E-state index is 0.243. The summed E-state index contributed by atoms with van der Waals surface area (Å²) in [5.41, 5.74) is 1.28. The zero-order chi connectivity index (χ0) is 26.8. The molecule has 0 fully saturated rings. The standard InChI is InChI=1S/C34H24NO3P/c36-32(30-22-12-13-23-31(30)35-33(37)28-20-10-11-21-29(28)34(35)38)24-39(25-14-4-1-5-15-25,26-16-6-2-7-17-26)27-18-8-3-9-19-27/h1-24H. The van der Waals surface area contributed by atoms with Crippen molar-refractivity contribution in [2.75, 3.05) is 4.90 Å². The van der Waals surface area contributed by atoms with E-state index in [1.807, 2.05) is 60.4 Å². The summed E-state index contributed by atoms with van der Waals surface area (Å²) < 4.78 is 0. The molecule has 0 unspecified atom stereocenters. The summed E-state index contributed by atoms with van der Waals surface area (Å²) in [5, 5.41) is 3.11. The number of para-hydroxylation sites is 1. The second kappa shape index (κ2) is 10.2. The molecule has 0 N–H and O–H groups in total. The second-order valence-electron chi connectivity index (χ2n) is 9.23. The minimum Gasteiger partial charge on any atom is -0.289 e. The van der Waals surface area contributed by atoms with Crippen molar-refractivity contribution in [2.45, 2.75) is 0 Å². The number of nitrogens with zero attached hydrogens (tertiary/aromatic N) is 1.